The van der Waals surface area contributed by atoms with Crippen molar-refractivity contribution in [3.63, 3.8) is 0 Å². The van der Waals surface area contributed by atoms with E-state index in [0.29, 0.717) is 0 Å². The molecule has 0 aliphatic heterocycles. The van der Waals surface area contributed by atoms with Gasteiger partial charge in [-0.2, -0.15) is 0 Å². The van der Waals surface area contributed by atoms with Crippen molar-refractivity contribution in [3.8, 4) is 0 Å². The second kappa shape index (κ2) is 7.11. The zero-order chi connectivity index (χ0) is 17.9. The van der Waals surface area contributed by atoms with Crippen LogP contribution in [0.1, 0.15) is 51.2 Å². The summed E-state index contributed by atoms with van der Waals surface area (Å²) in [6.45, 7) is 5.82. The maximum atomic E-state index is 12.8. The zero-order valence-electron chi connectivity index (χ0n) is 15.2. The fourth-order valence-corrected chi connectivity index (χ4v) is 2.90. The van der Waals surface area contributed by atoms with Gasteiger partial charge in [-0.15, -0.1) is 0 Å². The first-order valence-electron chi connectivity index (χ1n) is 8.91. The maximum Gasteiger partial charge on any atom is 0.160 e. The smallest absolute Gasteiger partial charge is 0.160 e. The molecule has 1 saturated carbocycles. The molecular formula is C22H26O3. The molecule has 3 nitrogen and oxygen atoms in total. The highest BCUT2D eigenvalue weighted by atomic mass is 17.2. The molecule has 1 aliphatic carbocycles. The normalized spacial score (nSPS) is 15.2. The molecule has 0 unspecified atom stereocenters. The number of carbonyl (C=O) groups is 1. The van der Waals surface area contributed by atoms with Gasteiger partial charge in [0, 0.05) is 12.3 Å². The predicted octanol–water partition coefficient (Wildman–Crippen LogP) is 5.05. The lowest BCUT2D eigenvalue weighted by Crippen LogP contribution is -2.37. The van der Waals surface area contributed by atoms with Gasteiger partial charge >= 0.3 is 0 Å². The van der Waals surface area contributed by atoms with Crippen LogP contribution in [-0.4, -0.2) is 11.4 Å². The third-order valence-corrected chi connectivity index (χ3v) is 4.37. The van der Waals surface area contributed by atoms with Gasteiger partial charge in [0.15, 0.2) is 5.60 Å². The van der Waals surface area contributed by atoms with E-state index in [1.54, 1.807) is 0 Å². The highest BCUT2D eigenvalue weighted by Gasteiger charge is 2.43. The molecule has 0 spiro atoms. The van der Waals surface area contributed by atoms with Crippen molar-refractivity contribution >= 4 is 5.78 Å². The quantitative estimate of drug-likeness (QED) is 0.524. The van der Waals surface area contributed by atoms with Gasteiger partial charge in [-0.05, 0) is 44.7 Å². The van der Waals surface area contributed by atoms with E-state index < -0.39 is 11.2 Å². The van der Waals surface area contributed by atoms with E-state index in [-0.39, 0.29) is 18.1 Å². The molecule has 2 aromatic carbocycles. The summed E-state index contributed by atoms with van der Waals surface area (Å²) in [5.41, 5.74) is 0.450. The van der Waals surface area contributed by atoms with E-state index in [0.717, 1.165) is 24.0 Å². The summed E-state index contributed by atoms with van der Waals surface area (Å²) in [4.78, 5) is 24.6. The molecule has 0 atom stereocenters. The van der Waals surface area contributed by atoms with Gasteiger partial charge in [-0.25, -0.2) is 9.78 Å². The van der Waals surface area contributed by atoms with Crippen molar-refractivity contribution in [1.82, 2.24) is 0 Å². The molecule has 0 N–H and O–H groups in total. The predicted molar refractivity (Wildman–Crippen MR) is 97.9 cm³/mol. The Hall–Kier alpha value is -1.97. The van der Waals surface area contributed by atoms with E-state index in [9.17, 15) is 4.79 Å². The standard InChI is InChI=1S/C22H26O3/c1-21(2,3)24-25-22(16-20(23)17-14-15-17,18-10-6-4-7-11-18)19-12-8-5-9-13-19/h4-13,17H,14-16H2,1-3H3. The van der Waals surface area contributed by atoms with E-state index in [1.165, 1.54) is 0 Å². The van der Waals surface area contributed by atoms with Crippen molar-refractivity contribution < 1.29 is 14.6 Å². The number of hydrogen-bond acceptors (Lipinski definition) is 3. The monoisotopic (exact) mass is 338 g/mol. The first-order valence-corrected chi connectivity index (χ1v) is 8.91. The minimum Gasteiger partial charge on any atom is -0.299 e. The molecule has 0 saturated heterocycles. The second-order valence-electron chi connectivity index (χ2n) is 7.76. The zero-order valence-corrected chi connectivity index (χ0v) is 15.2. The summed E-state index contributed by atoms with van der Waals surface area (Å²) in [6, 6.07) is 19.8. The molecule has 1 aliphatic rings. The van der Waals surface area contributed by atoms with Crippen LogP contribution in [0.3, 0.4) is 0 Å². The fraction of sp³-hybridized carbons (Fsp3) is 0.409. The number of Topliss-reactive ketones (excluding diaryl/α,β-unsaturated/α-hetero) is 1. The van der Waals surface area contributed by atoms with Crippen LogP contribution in [0, 0.1) is 5.92 Å². The molecule has 132 valence electrons. The number of ketones is 1. The van der Waals surface area contributed by atoms with E-state index in [1.807, 2.05) is 81.4 Å². The number of rotatable bonds is 7. The molecule has 2 aromatic rings. The summed E-state index contributed by atoms with van der Waals surface area (Å²) < 4.78 is 0. The van der Waals surface area contributed by atoms with E-state index in [2.05, 4.69) is 0 Å². The first kappa shape index (κ1) is 17.8. The second-order valence-corrected chi connectivity index (χ2v) is 7.76. The Morgan fingerprint density at radius 2 is 1.36 bits per heavy atom. The van der Waals surface area contributed by atoms with Crippen molar-refractivity contribution in [2.24, 2.45) is 5.92 Å². The topological polar surface area (TPSA) is 35.5 Å². The summed E-state index contributed by atoms with van der Waals surface area (Å²) in [5, 5.41) is 0. The fourth-order valence-electron chi connectivity index (χ4n) is 2.90. The largest absolute Gasteiger partial charge is 0.299 e. The van der Waals surface area contributed by atoms with Gasteiger partial charge in [0.25, 0.3) is 0 Å². The van der Waals surface area contributed by atoms with Crippen LogP contribution in [0.5, 0.6) is 0 Å². The lowest BCUT2D eigenvalue weighted by atomic mass is 9.81. The summed E-state index contributed by atoms with van der Waals surface area (Å²) in [6.07, 6.45) is 2.25. The Labute approximate surface area is 149 Å². The lowest BCUT2D eigenvalue weighted by Gasteiger charge is -2.35. The third-order valence-electron chi connectivity index (χ3n) is 4.37. The highest BCUT2D eigenvalue weighted by Crippen LogP contribution is 2.42. The summed E-state index contributed by atoms with van der Waals surface area (Å²) >= 11 is 0. The Morgan fingerprint density at radius 3 is 1.76 bits per heavy atom. The Balaban J connectivity index is 2.06. The van der Waals surface area contributed by atoms with Crippen LogP contribution in [0.25, 0.3) is 0 Å². The van der Waals surface area contributed by atoms with Crippen LogP contribution >= 0.6 is 0 Å². The Bertz CT molecular complexity index is 658. The van der Waals surface area contributed by atoms with Crippen LogP contribution < -0.4 is 0 Å². The van der Waals surface area contributed by atoms with Crippen LogP contribution in [0.4, 0.5) is 0 Å². The molecule has 0 aromatic heterocycles. The number of benzene rings is 2. The molecule has 0 radical (unpaired) electrons. The molecule has 3 heteroatoms. The Kier molecular flexibility index (Phi) is 5.07. The van der Waals surface area contributed by atoms with Crippen molar-refractivity contribution in [2.45, 2.75) is 51.2 Å². The number of carbonyl (C=O) groups excluding carboxylic acids is 1. The molecule has 0 amide bonds. The van der Waals surface area contributed by atoms with Gasteiger partial charge < -0.3 is 0 Å². The van der Waals surface area contributed by atoms with Gasteiger partial charge in [0.2, 0.25) is 0 Å². The summed E-state index contributed by atoms with van der Waals surface area (Å²) in [7, 11) is 0. The van der Waals surface area contributed by atoms with Crippen molar-refractivity contribution in [1.29, 1.82) is 0 Å². The molecule has 1 fully saturated rings. The Morgan fingerprint density at radius 1 is 0.880 bits per heavy atom. The SMILES string of the molecule is CC(C)(C)OOC(CC(=O)C1CC1)(c1ccccc1)c1ccccc1. The molecule has 25 heavy (non-hydrogen) atoms. The minimum atomic E-state index is -0.935. The van der Waals surface area contributed by atoms with E-state index >= 15 is 0 Å². The van der Waals surface area contributed by atoms with Gasteiger partial charge in [-0.1, -0.05) is 60.7 Å². The minimum absolute atomic E-state index is 0.171. The number of hydrogen-bond donors (Lipinski definition) is 0. The van der Waals surface area contributed by atoms with Gasteiger partial charge in [-0.3, -0.25) is 4.79 Å². The molecule has 0 heterocycles. The third kappa shape index (κ3) is 4.36. The van der Waals surface area contributed by atoms with Gasteiger partial charge in [0.05, 0.1) is 5.60 Å². The van der Waals surface area contributed by atoms with Crippen molar-refractivity contribution in [3.05, 3.63) is 71.8 Å². The van der Waals surface area contributed by atoms with E-state index in [4.69, 9.17) is 9.78 Å². The average molecular weight is 338 g/mol. The summed E-state index contributed by atoms with van der Waals surface area (Å²) in [5.74, 6) is 0.412. The van der Waals surface area contributed by atoms with Crippen LogP contribution in [0.2, 0.25) is 0 Å². The average Bonchev–Trinajstić information content (AvgIpc) is 3.44. The lowest BCUT2D eigenvalue weighted by molar-refractivity contribution is -0.399. The van der Waals surface area contributed by atoms with Crippen LogP contribution in [-0.2, 0) is 20.2 Å². The van der Waals surface area contributed by atoms with Crippen molar-refractivity contribution in [2.75, 3.05) is 0 Å². The molecular weight excluding hydrogens is 312 g/mol. The highest BCUT2D eigenvalue weighted by molar-refractivity contribution is 5.84. The molecule has 0 bridgehead atoms. The first-order chi connectivity index (χ1) is 11.9. The van der Waals surface area contributed by atoms with Crippen LogP contribution in [0.15, 0.2) is 60.7 Å². The maximum absolute atomic E-state index is 12.8. The molecule has 3 rings (SSSR count). The van der Waals surface area contributed by atoms with Gasteiger partial charge in [0.1, 0.15) is 5.78 Å².